The van der Waals surface area contributed by atoms with E-state index in [1.807, 2.05) is 58.0 Å². The molecule has 1 fully saturated rings. The summed E-state index contributed by atoms with van der Waals surface area (Å²) < 4.78 is 17.0. The molecule has 188 valence electrons. The molecule has 3 atom stereocenters. The molecule has 2 rings (SSSR count). The molecule has 1 aliphatic rings. The van der Waals surface area contributed by atoms with Crippen molar-refractivity contribution < 1.29 is 28.3 Å². The van der Waals surface area contributed by atoms with Gasteiger partial charge in [0.05, 0.1) is 31.1 Å². The minimum absolute atomic E-state index is 0.0499. The predicted octanol–water partition coefficient (Wildman–Crippen LogP) is 4.22. The van der Waals surface area contributed by atoms with Crippen LogP contribution in [0.25, 0.3) is 0 Å². The Bertz CT molecular complexity index is 932. The Hall–Kier alpha value is -2.45. The van der Waals surface area contributed by atoms with Gasteiger partial charge in [-0.3, -0.25) is 9.59 Å². The Morgan fingerprint density at radius 3 is 2.12 bits per heavy atom. The average Bonchev–Trinajstić information content (AvgIpc) is 2.74. The SMILES string of the molecule is COC(=O)C(=C(C)C)N1C(=O)[C@H]([C@@](C)(O[SiH](C)C)C(C)(C)C)[C@H]1CC(=O)OCc1ccccc1. The molecule has 8 heteroatoms. The van der Waals surface area contributed by atoms with Crippen LogP contribution in [-0.4, -0.2) is 50.5 Å². The summed E-state index contributed by atoms with van der Waals surface area (Å²) in [6, 6.07) is 8.83. The first-order valence-electron chi connectivity index (χ1n) is 11.7. The molecule has 0 unspecified atom stereocenters. The number of hydrogen-bond acceptors (Lipinski definition) is 6. The smallest absolute Gasteiger partial charge is 0.354 e. The number of allylic oxidation sites excluding steroid dienone is 1. The number of esters is 2. The molecule has 0 bridgehead atoms. The van der Waals surface area contributed by atoms with Crippen LogP contribution in [0.2, 0.25) is 13.1 Å². The molecule has 1 aliphatic heterocycles. The first-order chi connectivity index (χ1) is 15.7. The van der Waals surface area contributed by atoms with Gasteiger partial charge in [-0.2, -0.15) is 0 Å². The van der Waals surface area contributed by atoms with Crippen molar-refractivity contribution in [1.82, 2.24) is 4.90 Å². The number of β-lactam (4-membered cyclic amide) rings is 1. The largest absolute Gasteiger partial charge is 0.464 e. The van der Waals surface area contributed by atoms with Crippen molar-refractivity contribution in [3.8, 4) is 0 Å². The van der Waals surface area contributed by atoms with Crippen LogP contribution in [0.5, 0.6) is 0 Å². The standard InChI is InChI=1S/C26H39NO6Si/c1-17(2)22(24(30)31-7)27-19(15-20(28)32-16-18-13-11-10-12-14-18)21(23(27)29)26(6,25(3,4)5)33-34(8)9/h10-14,19,21,34H,15-16H2,1-9H3/t19-,21-,26-/m1/s1. The first kappa shape index (κ1) is 27.8. The Labute approximate surface area is 205 Å². The van der Waals surface area contributed by atoms with Gasteiger partial charge in [-0.1, -0.05) is 51.1 Å². The molecule has 1 aromatic carbocycles. The molecule has 0 radical (unpaired) electrons. The number of benzene rings is 1. The second kappa shape index (κ2) is 10.9. The second-order valence-corrected chi connectivity index (χ2v) is 12.8. The highest BCUT2D eigenvalue weighted by molar-refractivity contribution is 6.48. The zero-order valence-corrected chi connectivity index (χ0v) is 23.1. The van der Waals surface area contributed by atoms with Crippen molar-refractivity contribution >= 4 is 26.9 Å². The quantitative estimate of drug-likeness (QED) is 0.224. The second-order valence-electron chi connectivity index (χ2n) is 10.5. The van der Waals surface area contributed by atoms with Crippen molar-refractivity contribution in [1.29, 1.82) is 0 Å². The molecule has 34 heavy (non-hydrogen) atoms. The minimum atomic E-state index is -1.56. The molecule has 7 nitrogen and oxygen atoms in total. The Balaban J connectivity index is 2.42. The van der Waals surface area contributed by atoms with Gasteiger partial charge >= 0.3 is 11.9 Å². The summed E-state index contributed by atoms with van der Waals surface area (Å²) in [7, 11) is -0.276. The number of carbonyl (C=O) groups is 3. The molecule has 0 aromatic heterocycles. The predicted molar refractivity (Wildman–Crippen MR) is 133 cm³/mol. The van der Waals surface area contributed by atoms with Crippen molar-refractivity contribution in [2.75, 3.05) is 7.11 Å². The first-order valence-corrected chi connectivity index (χ1v) is 14.5. The molecule has 1 heterocycles. The van der Waals surface area contributed by atoms with Crippen molar-refractivity contribution in [3.63, 3.8) is 0 Å². The van der Waals surface area contributed by atoms with Crippen molar-refractivity contribution in [3.05, 3.63) is 47.2 Å². The normalized spacial score (nSPS) is 19.8. The van der Waals surface area contributed by atoms with Crippen LogP contribution in [0.15, 0.2) is 41.6 Å². The van der Waals surface area contributed by atoms with E-state index >= 15 is 0 Å². The molecule has 0 saturated carbocycles. The summed E-state index contributed by atoms with van der Waals surface area (Å²) in [5.41, 5.74) is 0.468. The topological polar surface area (TPSA) is 82.1 Å². The van der Waals surface area contributed by atoms with Crippen molar-refractivity contribution in [2.45, 2.75) is 79.3 Å². The lowest BCUT2D eigenvalue weighted by atomic mass is 9.63. The molecule has 1 aromatic rings. The maximum Gasteiger partial charge on any atom is 0.354 e. The summed E-state index contributed by atoms with van der Waals surface area (Å²) in [6.07, 6.45) is -0.0499. The van der Waals surface area contributed by atoms with Gasteiger partial charge in [-0.15, -0.1) is 0 Å². The van der Waals surface area contributed by atoms with Crippen LogP contribution in [0.4, 0.5) is 0 Å². The van der Waals surface area contributed by atoms with Gasteiger partial charge in [0.15, 0.2) is 9.04 Å². The van der Waals surface area contributed by atoms with Crippen LogP contribution in [0.1, 0.15) is 53.5 Å². The molecular weight excluding hydrogens is 450 g/mol. The number of nitrogens with zero attached hydrogens (tertiary/aromatic N) is 1. The third-order valence-electron chi connectivity index (χ3n) is 6.49. The number of likely N-dealkylation sites (tertiary alicyclic amines) is 1. The Morgan fingerprint density at radius 2 is 1.65 bits per heavy atom. The zero-order valence-electron chi connectivity index (χ0n) is 21.9. The van der Waals surface area contributed by atoms with Gasteiger partial charge in [0.2, 0.25) is 5.91 Å². The summed E-state index contributed by atoms with van der Waals surface area (Å²) in [5, 5.41) is 0. The van der Waals surface area contributed by atoms with E-state index in [0.717, 1.165) is 5.56 Å². The Morgan fingerprint density at radius 1 is 1.06 bits per heavy atom. The van der Waals surface area contributed by atoms with E-state index in [1.165, 1.54) is 12.0 Å². The zero-order chi connectivity index (χ0) is 25.8. The van der Waals surface area contributed by atoms with E-state index < -0.39 is 38.5 Å². The Kier molecular flexibility index (Phi) is 8.88. The fraction of sp³-hybridized carbons (Fsp3) is 0.577. The van der Waals surface area contributed by atoms with Gasteiger partial charge in [0.25, 0.3) is 0 Å². The molecule has 1 amide bonds. The molecule has 0 aliphatic carbocycles. The van der Waals surface area contributed by atoms with E-state index in [1.54, 1.807) is 13.8 Å². The highest BCUT2D eigenvalue weighted by atomic mass is 28.3. The van der Waals surface area contributed by atoms with Crippen molar-refractivity contribution in [2.24, 2.45) is 11.3 Å². The fourth-order valence-corrected chi connectivity index (χ4v) is 5.93. The third-order valence-corrected chi connectivity index (χ3v) is 7.46. The monoisotopic (exact) mass is 489 g/mol. The van der Waals surface area contributed by atoms with Gasteiger partial charge in [-0.05, 0) is 50.4 Å². The highest BCUT2D eigenvalue weighted by Crippen LogP contribution is 2.50. The minimum Gasteiger partial charge on any atom is -0.464 e. The summed E-state index contributed by atoms with van der Waals surface area (Å²) in [5.74, 6) is -1.89. The van der Waals surface area contributed by atoms with Crippen LogP contribution < -0.4 is 0 Å². The fourth-order valence-electron chi connectivity index (χ4n) is 4.45. The number of hydrogen-bond donors (Lipinski definition) is 0. The van der Waals surface area contributed by atoms with E-state index in [4.69, 9.17) is 13.9 Å². The summed E-state index contributed by atoms with van der Waals surface area (Å²) in [6.45, 7) is 15.8. The maximum atomic E-state index is 13.6. The third kappa shape index (κ3) is 5.78. The van der Waals surface area contributed by atoms with Gasteiger partial charge in [-0.25, -0.2) is 4.79 Å². The molecule has 0 N–H and O–H groups in total. The summed E-state index contributed by atoms with van der Waals surface area (Å²) in [4.78, 5) is 40.6. The lowest BCUT2D eigenvalue weighted by Crippen LogP contribution is -2.72. The lowest BCUT2D eigenvalue weighted by Gasteiger charge is -2.58. The molecular formula is C26H39NO6Si. The van der Waals surface area contributed by atoms with Crippen LogP contribution in [0.3, 0.4) is 0 Å². The highest BCUT2D eigenvalue weighted by Gasteiger charge is 2.62. The molecule has 0 spiro atoms. The number of ether oxygens (including phenoxy) is 2. The van der Waals surface area contributed by atoms with Crippen LogP contribution >= 0.6 is 0 Å². The molecule has 1 saturated heterocycles. The lowest BCUT2D eigenvalue weighted by molar-refractivity contribution is -0.186. The van der Waals surface area contributed by atoms with Crippen LogP contribution in [-0.2, 0) is 34.9 Å². The van der Waals surface area contributed by atoms with E-state index in [0.29, 0.717) is 5.57 Å². The van der Waals surface area contributed by atoms with Gasteiger partial charge in [0.1, 0.15) is 12.3 Å². The van der Waals surface area contributed by atoms with E-state index in [9.17, 15) is 14.4 Å². The number of carbonyl (C=O) groups excluding carboxylic acids is 3. The average molecular weight is 490 g/mol. The van der Waals surface area contributed by atoms with E-state index in [-0.39, 0.29) is 30.0 Å². The summed E-state index contributed by atoms with van der Waals surface area (Å²) >= 11 is 0. The maximum absolute atomic E-state index is 13.6. The number of rotatable bonds is 9. The van der Waals surface area contributed by atoms with Gasteiger partial charge < -0.3 is 18.8 Å². The van der Waals surface area contributed by atoms with Gasteiger partial charge in [0, 0.05) is 0 Å². The van der Waals surface area contributed by atoms with E-state index in [2.05, 4.69) is 13.1 Å². The van der Waals surface area contributed by atoms with Crippen LogP contribution in [0, 0.1) is 11.3 Å². The number of methoxy groups -OCH3 is 1. The number of amides is 1.